The molecule has 0 radical (unpaired) electrons. The lowest BCUT2D eigenvalue weighted by Gasteiger charge is -2.25. The molecular formula is C17H15ClO2. The number of halogens is 1. The van der Waals surface area contributed by atoms with Gasteiger partial charge in [0.15, 0.2) is 0 Å². The Morgan fingerprint density at radius 1 is 1.20 bits per heavy atom. The summed E-state index contributed by atoms with van der Waals surface area (Å²) in [6, 6.07) is 15.3. The zero-order valence-corrected chi connectivity index (χ0v) is 11.7. The molecule has 1 unspecified atom stereocenters. The maximum atomic E-state index is 11.9. The Morgan fingerprint density at radius 2 is 2.00 bits per heavy atom. The van der Waals surface area contributed by atoms with E-state index in [1.807, 2.05) is 42.5 Å². The summed E-state index contributed by atoms with van der Waals surface area (Å²) in [6.45, 7) is 0. The van der Waals surface area contributed by atoms with Gasteiger partial charge < -0.3 is 5.11 Å². The molecule has 0 aliphatic heterocycles. The van der Waals surface area contributed by atoms with E-state index in [1.54, 1.807) is 6.07 Å². The van der Waals surface area contributed by atoms with Crippen LogP contribution < -0.4 is 0 Å². The number of hydrogen-bond acceptors (Lipinski definition) is 1. The van der Waals surface area contributed by atoms with Crippen LogP contribution in [0.15, 0.2) is 48.5 Å². The Hall–Kier alpha value is -1.80. The molecule has 2 aromatic carbocycles. The summed E-state index contributed by atoms with van der Waals surface area (Å²) >= 11 is 6.01. The monoisotopic (exact) mass is 286 g/mol. The lowest BCUT2D eigenvalue weighted by molar-refractivity contribution is -0.143. The van der Waals surface area contributed by atoms with E-state index in [-0.39, 0.29) is 0 Å². The molecule has 3 heteroatoms. The average molecular weight is 287 g/mol. The third kappa shape index (κ3) is 2.10. The van der Waals surface area contributed by atoms with Gasteiger partial charge in [0.05, 0.1) is 5.41 Å². The van der Waals surface area contributed by atoms with Gasteiger partial charge in [0, 0.05) is 5.02 Å². The summed E-state index contributed by atoms with van der Waals surface area (Å²) in [5.41, 5.74) is 2.25. The van der Waals surface area contributed by atoms with Gasteiger partial charge in [-0.25, -0.2) is 0 Å². The summed E-state index contributed by atoms with van der Waals surface area (Å²) in [5, 5.41) is 10.5. The van der Waals surface area contributed by atoms with E-state index in [2.05, 4.69) is 0 Å². The minimum atomic E-state index is -0.818. The summed E-state index contributed by atoms with van der Waals surface area (Å²) < 4.78 is 0. The Labute approximate surface area is 123 Å². The SMILES string of the molecule is O=C(O)C1(Cc2cccc(Cl)c2)CCc2ccccc21. The second-order valence-electron chi connectivity index (χ2n) is 5.35. The quantitative estimate of drug-likeness (QED) is 0.930. The molecular weight excluding hydrogens is 272 g/mol. The number of rotatable bonds is 3. The fraction of sp³-hybridized carbons (Fsp3) is 0.235. The van der Waals surface area contributed by atoms with Crippen LogP contribution in [0.1, 0.15) is 23.1 Å². The zero-order valence-electron chi connectivity index (χ0n) is 11.0. The van der Waals surface area contributed by atoms with Gasteiger partial charge in [-0.2, -0.15) is 0 Å². The molecule has 1 N–H and O–H groups in total. The summed E-state index contributed by atoms with van der Waals surface area (Å²) in [6.07, 6.45) is 1.96. The van der Waals surface area contributed by atoms with Crippen LogP contribution in [0.3, 0.4) is 0 Å². The highest BCUT2D eigenvalue weighted by atomic mass is 35.5. The molecule has 1 aliphatic carbocycles. The number of benzene rings is 2. The number of fused-ring (bicyclic) bond motifs is 1. The molecule has 0 spiro atoms. The Morgan fingerprint density at radius 3 is 2.75 bits per heavy atom. The smallest absolute Gasteiger partial charge is 0.314 e. The first-order chi connectivity index (χ1) is 9.62. The number of carbonyl (C=O) groups is 1. The van der Waals surface area contributed by atoms with Crippen molar-refractivity contribution in [3.63, 3.8) is 0 Å². The van der Waals surface area contributed by atoms with Crippen LogP contribution in [0, 0.1) is 0 Å². The standard InChI is InChI=1S/C17H15ClO2/c18-14-6-3-4-12(10-14)11-17(16(19)20)9-8-13-5-1-2-7-15(13)17/h1-7,10H,8-9,11H2,(H,19,20). The van der Waals surface area contributed by atoms with Gasteiger partial charge in [0.25, 0.3) is 0 Å². The van der Waals surface area contributed by atoms with Crippen molar-refractivity contribution in [3.05, 3.63) is 70.2 Å². The van der Waals surface area contributed by atoms with Crippen LogP contribution in [0.5, 0.6) is 0 Å². The number of hydrogen-bond donors (Lipinski definition) is 1. The highest BCUT2D eigenvalue weighted by Gasteiger charge is 2.45. The van der Waals surface area contributed by atoms with Crippen molar-refractivity contribution in [1.29, 1.82) is 0 Å². The van der Waals surface area contributed by atoms with Gasteiger partial charge in [-0.05, 0) is 48.1 Å². The van der Waals surface area contributed by atoms with Crippen LogP contribution in [0.2, 0.25) is 5.02 Å². The minimum Gasteiger partial charge on any atom is -0.481 e. The van der Waals surface area contributed by atoms with Crippen LogP contribution in [0.25, 0.3) is 0 Å². The molecule has 20 heavy (non-hydrogen) atoms. The Kier molecular flexibility index (Phi) is 3.27. The van der Waals surface area contributed by atoms with Gasteiger partial charge in [0.2, 0.25) is 0 Å². The van der Waals surface area contributed by atoms with Crippen molar-refractivity contribution in [2.75, 3.05) is 0 Å². The second-order valence-corrected chi connectivity index (χ2v) is 5.79. The summed E-state index contributed by atoms with van der Waals surface area (Å²) in [7, 11) is 0. The van der Waals surface area contributed by atoms with Gasteiger partial charge in [-0.1, -0.05) is 48.0 Å². The van der Waals surface area contributed by atoms with Gasteiger partial charge in [0.1, 0.15) is 0 Å². The van der Waals surface area contributed by atoms with Gasteiger partial charge in [-0.15, -0.1) is 0 Å². The Bertz CT molecular complexity index is 666. The first-order valence-corrected chi connectivity index (χ1v) is 7.06. The third-order valence-electron chi connectivity index (χ3n) is 4.16. The van der Waals surface area contributed by atoms with Crippen molar-refractivity contribution >= 4 is 17.6 Å². The van der Waals surface area contributed by atoms with E-state index in [0.29, 0.717) is 17.9 Å². The molecule has 2 aromatic rings. The van der Waals surface area contributed by atoms with E-state index < -0.39 is 11.4 Å². The lowest BCUT2D eigenvalue weighted by atomic mass is 9.76. The fourth-order valence-corrected chi connectivity index (χ4v) is 3.38. The van der Waals surface area contributed by atoms with Crippen molar-refractivity contribution < 1.29 is 9.90 Å². The lowest BCUT2D eigenvalue weighted by Crippen LogP contribution is -2.35. The summed E-state index contributed by atoms with van der Waals surface area (Å²) in [5.74, 6) is -0.748. The first-order valence-electron chi connectivity index (χ1n) is 6.68. The predicted octanol–water partition coefficient (Wildman–Crippen LogP) is 3.85. The normalized spacial score (nSPS) is 20.6. The molecule has 0 bridgehead atoms. The third-order valence-corrected chi connectivity index (χ3v) is 4.39. The molecule has 1 atom stereocenters. The van der Waals surface area contributed by atoms with Crippen LogP contribution in [-0.2, 0) is 23.1 Å². The highest BCUT2D eigenvalue weighted by molar-refractivity contribution is 6.30. The predicted molar refractivity (Wildman–Crippen MR) is 79.2 cm³/mol. The molecule has 102 valence electrons. The molecule has 0 heterocycles. The molecule has 2 nitrogen and oxygen atoms in total. The molecule has 0 aromatic heterocycles. The molecule has 0 fully saturated rings. The number of carboxylic acids is 1. The van der Waals surface area contributed by atoms with Crippen LogP contribution >= 0.6 is 11.6 Å². The van der Waals surface area contributed by atoms with E-state index in [9.17, 15) is 9.90 Å². The Balaban J connectivity index is 2.05. The maximum Gasteiger partial charge on any atom is 0.314 e. The summed E-state index contributed by atoms with van der Waals surface area (Å²) in [4.78, 5) is 11.9. The van der Waals surface area contributed by atoms with E-state index >= 15 is 0 Å². The highest BCUT2D eigenvalue weighted by Crippen LogP contribution is 2.42. The fourth-order valence-electron chi connectivity index (χ4n) is 3.16. The number of aliphatic carboxylic acids is 1. The van der Waals surface area contributed by atoms with Gasteiger partial charge in [-0.3, -0.25) is 4.79 Å². The number of aryl methyl sites for hydroxylation is 1. The second kappa shape index (κ2) is 4.95. The first kappa shape index (κ1) is 13.2. The van der Waals surface area contributed by atoms with Crippen molar-refractivity contribution in [3.8, 4) is 0 Å². The average Bonchev–Trinajstić information content (AvgIpc) is 2.79. The van der Waals surface area contributed by atoms with Gasteiger partial charge >= 0.3 is 5.97 Å². The topological polar surface area (TPSA) is 37.3 Å². The van der Waals surface area contributed by atoms with Crippen LogP contribution in [0.4, 0.5) is 0 Å². The molecule has 0 amide bonds. The molecule has 0 saturated carbocycles. The molecule has 0 saturated heterocycles. The van der Waals surface area contributed by atoms with Crippen molar-refractivity contribution in [1.82, 2.24) is 0 Å². The molecule has 1 aliphatic rings. The van der Waals surface area contributed by atoms with E-state index in [0.717, 1.165) is 23.1 Å². The maximum absolute atomic E-state index is 11.9. The van der Waals surface area contributed by atoms with Crippen molar-refractivity contribution in [2.45, 2.75) is 24.7 Å². The largest absolute Gasteiger partial charge is 0.481 e. The number of carboxylic acid groups (broad SMARTS) is 1. The van der Waals surface area contributed by atoms with E-state index in [4.69, 9.17) is 11.6 Å². The zero-order chi connectivity index (χ0) is 14.2. The minimum absolute atomic E-state index is 0.486. The van der Waals surface area contributed by atoms with E-state index in [1.165, 1.54) is 0 Å². The van der Waals surface area contributed by atoms with Crippen molar-refractivity contribution in [2.24, 2.45) is 0 Å². The molecule has 3 rings (SSSR count). The van der Waals surface area contributed by atoms with Crippen LogP contribution in [-0.4, -0.2) is 11.1 Å².